The lowest BCUT2D eigenvalue weighted by atomic mass is 9.95. The van der Waals surface area contributed by atoms with Gasteiger partial charge in [0, 0.05) is 16.5 Å². The maximum Gasteiger partial charge on any atom is 0.251 e. The molecule has 1 aliphatic carbocycles. The Morgan fingerprint density at radius 3 is 2.32 bits per heavy atom. The summed E-state index contributed by atoms with van der Waals surface area (Å²) < 4.78 is 15.1. The molecule has 0 aliphatic heterocycles. The Balaban J connectivity index is 1.80. The van der Waals surface area contributed by atoms with Gasteiger partial charge in [0.15, 0.2) is 5.82 Å². The summed E-state index contributed by atoms with van der Waals surface area (Å²) in [6.07, 6.45) is 2.27. The number of aromatic nitrogens is 4. The lowest BCUT2D eigenvalue weighted by molar-refractivity contribution is 0.0903. The van der Waals surface area contributed by atoms with Crippen LogP contribution in [-0.4, -0.2) is 31.7 Å². The highest BCUT2D eigenvalue weighted by atomic mass is 19.1. The number of halogens is 1. The van der Waals surface area contributed by atoms with Crippen LogP contribution in [0.1, 0.15) is 63.6 Å². The first-order chi connectivity index (χ1) is 14.5. The molecule has 0 spiro atoms. The fourth-order valence-corrected chi connectivity index (χ4v) is 3.77. The van der Waals surface area contributed by atoms with Crippen LogP contribution in [-0.2, 0) is 5.41 Å². The van der Waals surface area contributed by atoms with E-state index in [1.807, 2.05) is 32.9 Å². The smallest absolute Gasteiger partial charge is 0.251 e. The van der Waals surface area contributed by atoms with Crippen molar-refractivity contribution in [1.82, 2.24) is 25.5 Å². The minimum atomic E-state index is -0.306. The number of amides is 1. The van der Waals surface area contributed by atoms with Gasteiger partial charge in [0.25, 0.3) is 5.91 Å². The standard InChI is InChI=1S/C24H28FN5O/c1-23(2,3)22-27-28-29-30(22)20-13-16(15-6-10-19(25)11-7-15)12-17(14-20)21(31)26-24(4,5)18-8-9-18/h6-7,10-14,18H,8-9H2,1-5H3,(H,26,31). The van der Waals surface area contributed by atoms with Gasteiger partial charge < -0.3 is 5.32 Å². The molecule has 2 aromatic carbocycles. The lowest BCUT2D eigenvalue weighted by Gasteiger charge is -2.26. The number of hydrogen-bond acceptors (Lipinski definition) is 4. The Morgan fingerprint density at radius 2 is 1.71 bits per heavy atom. The number of carbonyl (C=O) groups excluding carboxylic acids is 1. The zero-order valence-electron chi connectivity index (χ0n) is 18.6. The summed E-state index contributed by atoms with van der Waals surface area (Å²) in [5.41, 5.74) is 2.25. The maximum absolute atomic E-state index is 13.5. The maximum atomic E-state index is 13.5. The molecule has 0 atom stereocenters. The number of benzene rings is 2. The number of nitrogens with one attached hydrogen (secondary N) is 1. The monoisotopic (exact) mass is 421 g/mol. The van der Waals surface area contributed by atoms with Crippen molar-refractivity contribution in [3.05, 3.63) is 59.7 Å². The van der Waals surface area contributed by atoms with Gasteiger partial charge in [-0.05, 0) is 84.5 Å². The summed E-state index contributed by atoms with van der Waals surface area (Å²) in [6.45, 7) is 10.2. The van der Waals surface area contributed by atoms with Crippen molar-refractivity contribution in [2.45, 2.75) is 58.4 Å². The molecule has 1 aromatic heterocycles. The Kier molecular flexibility index (Phi) is 5.15. The van der Waals surface area contributed by atoms with Crippen LogP contribution in [0.25, 0.3) is 16.8 Å². The molecule has 7 heteroatoms. The van der Waals surface area contributed by atoms with E-state index in [-0.39, 0.29) is 22.7 Å². The summed E-state index contributed by atoms with van der Waals surface area (Å²) in [7, 11) is 0. The van der Waals surface area contributed by atoms with Gasteiger partial charge in [0.2, 0.25) is 0 Å². The van der Waals surface area contributed by atoms with E-state index in [1.54, 1.807) is 22.9 Å². The quantitative estimate of drug-likeness (QED) is 0.649. The van der Waals surface area contributed by atoms with Gasteiger partial charge in [-0.2, -0.15) is 4.68 Å². The number of tetrazole rings is 1. The largest absolute Gasteiger partial charge is 0.347 e. The van der Waals surface area contributed by atoms with Crippen molar-refractivity contribution < 1.29 is 9.18 Å². The van der Waals surface area contributed by atoms with E-state index in [0.29, 0.717) is 23.0 Å². The van der Waals surface area contributed by atoms with Crippen molar-refractivity contribution in [1.29, 1.82) is 0 Å². The van der Waals surface area contributed by atoms with E-state index in [0.717, 1.165) is 24.0 Å². The van der Waals surface area contributed by atoms with Gasteiger partial charge in [-0.15, -0.1) is 5.10 Å². The molecule has 4 rings (SSSR count). The Morgan fingerprint density at radius 1 is 1.03 bits per heavy atom. The van der Waals surface area contributed by atoms with Crippen LogP contribution in [0.5, 0.6) is 0 Å². The van der Waals surface area contributed by atoms with Crippen LogP contribution in [0.3, 0.4) is 0 Å². The molecule has 0 bridgehead atoms. The van der Waals surface area contributed by atoms with Crippen molar-refractivity contribution >= 4 is 5.91 Å². The van der Waals surface area contributed by atoms with Crippen LogP contribution in [0.2, 0.25) is 0 Å². The summed E-state index contributed by atoms with van der Waals surface area (Å²) in [5, 5.41) is 15.4. The van der Waals surface area contributed by atoms with Crippen molar-refractivity contribution in [3.63, 3.8) is 0 Å². The van der Waals surface area contributed by atoms with Gasteiger partial charge in [-0.3, -0.25) is 4.79 Å². The van der Waals surface area contributed by atoms with Crippen molar-refractivity contribution in [2.75, 3.05) is 0 Å². The van der Waals surface area contributed by atoms with Gasteiger partial charge >= 0.3 is 0 Å². The summed E-state index contributed by atoms with van der Waals surface area (Å²) in [6, 6.07) is 11.8. The number of rotatable bonds is 5. The predicted octanol–water partition coefficient (Wildman–Crippen LogP) is 4.68. The molecule has 1 fully saturated rings. The molecule has 6 nitrogen and oxygen atoms in total. The van der Waals surface area contributed by atoms with Gasteiger partial charge in [0.05, 0.1) is 5.69 Å². The number of hydrogen-bond donors (Lipinski definition) is 1. The fourth-order valence-electron chi connectivity index (χ4n) is 3.77. The van der Waals surface area contributed by atoms with E-state index < -0.39 is 0 Å². The van der Waals surface area contributed by atoms with Gasteiger partial charge in [0.1, 0.15) is 5.82 Å². The van der Waals surface area contributed by atoms with E-state index in [2.05, 4.69) is 34.7 Å². The third-order valence-electron chi connectivity index (χ3n) is 5.78. The second-order valence-corrected chi connectivity index (χ2v) is 9.89. The third kappa shape index (κ3) is 4.50. The second kappa shape index (κ2) is 7.55. The number of nitrogens with zero attached hydrogens (tertiary/aromatic N) is 4. The molecule has 1 amide bonds. The molecule has 162 valence electrons. The summed E-state index contributed by atoms with van der Waals surface area (Å²) >= 11 is 0. The van der Waals surface area contributed by atoms with Crippen LogP contribution < -0.4 is 5.32 Å². The average Bonchev–Trinajstić information content (AvgIpc) is 3.44. The first-order valence-corrected chi connectivity index (χ1v) is 10.6. The molecule has 1 N–H and O–H groups in total. The normalized spacial score (nSPS) is 14.5. The topological polar surface area (TPSA) is 72.7 Å². The van der Waals surface area contributed by atoms with E-state index >= 15 is 0 Å². The van der Waals surface area contributed by atoms with Crippen LogP contribution in [0.15, 0.2) is 42.5 Å². The molecular formula is C24H28FN5O. The molecule has 1 aliphatic rings. The minimum Gasteiger partial charge on any atom is -0.347 e. The van der Waals surface area contributed by atoms with Gasteiger partial charge in [-0.1, -0.05) is 32.9 Å². The SMILES string of the molecule is CC(C)(C)c1nnnn1-c1cc(C(=O)NC(C)(C)C2CC2)cc(-c2ccc(F)cc2)c1. The summed E-state index contributed by atoms with van der Waals surface area (Å²) in [4.78, 5) is 13.2. The molecule has 0 radical (unpaired) electrons. The molecular weight excluding hydrogens is 393 g/mol. The zero-order valence-corrected chi connectivity index (χ0v) is 18.6. The third-order valence-corrected chi connectivity index (χ3v) is 5.78. The predicted molar refractivity (Wildman–Crippen MR) is 118 cm³/mol. The van der Waals surface area contributed by atoms with Crippen LogP contribution in [0, 0.1) is 11.7 Å². The molecule has 3 aromatic rings. The highest BCUT2D eigenvalue weighted by Crippen LogP contribution is 2.39. The Labute approximate surface area is 181 Å². The van der Waals surface area contributed by atoms with Crippen molar-refractivity contribution in [2.24, 2.45) is 5.92 Å². The van der Waals surface area contributed by atoms with Crippen LogP contribution in [0.4, 0.5) is 4.39 Å². The highest BCUT2D eigenvalue weighted by Gasteiger charge is 2.39. The minimum absolute atomic E-state index is 0.146. The fraction of sp³-hybridized carbons (Fsp3) is 0.417. The number of carbonyl (C=O) groups is 1. The Hall–Kier alpha value is -3.09. The summed E-state index contributed by atoms with van der Waals surface area (Å²) in [5.74, 6) is 0.740. The zero-order chi connectivity index (χ0) is 22.4. The van der Waals surface area contributed by atoms with E-state index in [9.17, 15) is 9.18 Å². The molecule has 31 heavy (non-hydrogen) atoms. The molecule has 0 unspecified atom stereocenters. The lowest BCUT2D eigenvalue weighted by Crippen LogP contribution is -2.45. The van der Waals surface area contributed by atoms with Crippen LogP contribution >= 0.6 is 0 Å². The van der Waals surface area contributed by atoms with Crippen molar-refractivity contribution in [3.8, 4) is 16.8 Å². The highest BCUT2D eigenvalue weighted by molar-refractivity contribution is 5.96. The second-order valence-electron chi connectivity index (χ2n) is 9.89. The molecule has 0 saturated heterocycles. The first-order valence-electron chi connectivity index (χ1n) is 10.6. The molecule has 1 heterocycles. The first kappa shape index (κ1) is 21.2. The van der Waals surface area contributed by atoms with E-state index in [4.69, 9.17) is 0 Å². The average molecular weight is 422 g/mol. The molecule has 1 saturated carbocycles. The van der Waals surface area contributed by atoms with E-state index in [1.165, 1.54) is 12.1 Å². The van der Waals surface area contributed by atoms with Gasteiger partial charge in [-0.25, -0.2) is 4.39 Å². The Bertz CT molecular complexity index is 1110.